The minimum absolute atomic E-state index is 0.117. The highest BCUT2D eigenvalue weighted by Crippen LogP contribution is 2.33. The van der Waals surface area contributed by atoms with Crippen molar-refractivity contribution in [1.82, 2.24) is 0 Å². The Morgan fingerprint density at radius 2 is 2.14 bits per heavy atom. The highest BCUT2D eigenvalue weighted by molar-refractivity contribution is 14.1. The summed E-state index contributed by atoms with van der Waals surface area (Å²) < 4.78 is 2.47. The molecule has 1 N–H and O–H groups in total. The molecular formula is C10H8BrIOS. The molecule has 0 fully saturated rings. The third-order valence-corrected chi connectivity index (χ3v) is 4.98. The van der Waals surface area contributed by atoms with Crippen LogP contribution in [0.25, 0.3) is 10.1 Å². The lowest BCUT2D eigenvalue weighted by Gasteiger charge is -2.03. The summed E-state index contributed by atoms with van der Waals surface area (Å²) in [7, 11) is 0. The minimum atomic E-state index is 0.117. The molecule has 0 aliphatic rings. The maximum atomic E-state index is 9.17. The standard InChI is InChI=1S/C10H8BrIOS/c11-3-7-5-14-8-2-1-6(4-13)10(12)9(7)8/h1-2,5,13H,3-4H2. The van der Waals surface area contributed by atoms with E-state index in [4.69, 9.17) is 5.11 Å². The Balaban J connectivity index is 2.77. The van der Waals surface area contributed by atoms with E-state index in [2.05, 4.69) is 50.0 Å². The number of rotatable bonds is 2. The second-order valence-electron chi connectivity index (χ2n) is 2.96. The highest BCUT2D eigenvalue weighted by Gasteiger charge is 2.09. The van der Waals surface area contributed by atoms with Gasteiger partial charge in [-0.05, 0) is 45.2 Å². The van der Waals surface area contributed by atoms with Crippen molar-refractivity contribution in [3.8, 4) is 0 Å². The van der Waals surface area contributed by atoms with Gasteiger partial charge < -0.3 is 5.11 Å². The van der Waals surface area contributed by atoms with Crippen LogP contribution >= 0.6 is 49.9 Å². The Labute approximate surface area is 108 Å². The number of hydrogen-bond donors (Lipinski definition) is 1. The summed E-state index contributed by atoms with van der Waals surface area (Å²) in [5.41, 5.74) is 2.32. The first-order valence-electron chi connectivity index (χ1n) is 4.12. The Bertz CT molecular complexity index is 466. The fraction of sp³-hybridized carbons (Fsp3) is 0.200. The number of aliphatic hydroxyl groups excluding tert-OH is 1. The van der Waals surface area contributed by atoms with Crippen LogP contribution in [0, 0.1) is 3.57 Å². The molecule has 0 amide bonds. The smallest absolute Gasteiger partial charge is 0.0692 e. The molecule has 0 spiro atoms. The monoisotopic (exact) mass is 382 g/mol. The molecule has 1 aromatic heterocycles. The zero-order chi connectivity index (χ0) is 10.1. The van der Waals surface area contributed by atoms with Crippen molar-refractivity contribution in [1.29, 1.82) is 0 Å². The van der Waals surface area contributed by atoms with E-state index in [-0.39, 0.29) is 6.61 Å². The van der Waals surface area contributed by atoms with Gasteiger partial charge >= 0.3 is 0 Å². The number of benzene rings is 1. The fourth-order valence-corrected chi connectivity index (χ4v) is 4.21. The molecule has 1 heterocycles. The predicted octanol–water partition coefficient (Wildman–Crippen LogP) is 3.89. The minimum Gasteiger partial charge on any atom is -0.392 e. The van der Waals surface area contributed by atoms with Crippen molar-refractivity contribution < 1.29 is 5.11 Å². The third kappa shape index (κ3) is 1.73. The van der Waals surface area contributed by atoms with E-state index in [0.717, 1.165) is 10.9 Å². The van der Waals surface area contributed by atoms with Gasteiger partial charge in [-0.2, -0.15) is 0 Å². The lowest BCUT2D eigenvalue weighted by atomic mass is 10.1. The lowest BCUT2D eigenvalue weighted by Crippen LogP contribution is -1.89. The molecule has 0 saturated heterocycles. The van der Waals surface area contributed by atoms with Crippen LogP contribution in [0.15, 0.2) is 17.5 Å². The van der Waals surface area contributed by atoms with Gasteiger partial charge in [0, 0.05) is 19.0 Å². The van der Waals surface area contributed by atoms with Crippen molar-refractivity contribution in [2.75, 3.05) is 0 Å². The highest BCUT2D eigenvalue weighted by atomic mass is 127. The van der Waals surface area contributed by atoms with Gasteiger partial charge in [-0.1, -0.05) is 22.0 Å². The van der Waals surface area contributed by atoms with Crippen LogP contribution in [0.2, 0.25) is 0 Å². The summed E-state index contributed by atoms with van der Waals surface area (Å²) in [6.07, 6.45) is 0. The molecule has 0 bridgehead atoms. The molecule has 0 aliphatic carbocycles. The molecule has 0 aliphatic heterocycles. The zero-order valence-corrected chi connectivity index (χ0v) is 11.8. The second kappa shape index (κ2) is 4.47. The normalized spacial score (nSPS) is 11.1. The number of aliphatic hydroxyl groups is 1. The summed E-state index contributed by atoms with van der Waals surface area (Å²) in [5.74, 6) is 0. The molecule has 74 valence electrons. The Morgan fingerprint density at radius 1 is 1.36 bits per heavy atom. The first-order valence-corrected chi connectivity index (χ1v) is 7.20. The first kappa shape index (κ1) is 10.9. The molecular weight excluding hydrogens is 375 g/mol. The summed E-state index contributed by atoms with van der Waals surface area (Å²) in [6.45, 7) is 0.117. The molecule has 0 radical (unpaired) electrons. The predicted molar refractivity (Wildman–Crippen MR) is 73.1 cm³/mol. The molecule has 0 saturated carbocycles. The van der Waals surface area contributed by atoms with E-state index in [1.807, 2.05) is 6.07 Å². The van der Waals surface area contributed by atoms with E-state index >= 15 is 0 Å². The van der Waals surface area contributed by atoms with Gasteiger partial charge in [-0.15, -0.1) is 11.3 Å². The topological polar surface area (TPSA) is 20.2 Å². The van der Waals surface area contributed by atoms with Crippen LogP contribution in [0.5, 0.6) is 0 Å². The van der Waals surface area contributed by atoms with Gasteiger partial charge in [-0.25, -0.2) is 0 Å². The number of fused-ring (bicyclic) bond motifs is 1. The Hall–Kier alpha value is 0.350. The van der Waals surface area contributed by atoms with Crippen LogP contribution < -0.4 is 0 Å². The second-order valence-corrected chi connectivity index (χ2v) is 5.52. The Kier molecular flexibility index (Phi) is 3.46. The van der Waals surface area contributed by atoms with Crippen molar-refractivity contribution >= 4 is 59.9 Å². The molecule has 0 unspecified atom stereocenters. The quantitative estimate of drug-likeness (QED) is 0.617. The SMILES string of the molecule is OCc1ccc2scc(CBr)c2c1I. The van der Waals surface area contributed by atoms with Crippen molar-refractivity contribution in [2.24, 2.45) is 0 Å². The number of thiophene rings is 1. The van der Waals surface area contributed by atoms with Crippen LogP contribution in [0.3, 0.4) is 0 Å². The number of hydrogen-bond acceptors (Lipinski definition) is 2. The van der Waals surface area contributed by atoms with Crippen LogP contribution in [0.1, 0.15) is 11.1 Å². The summed E-state index contributed by atoms with van der Waals surface area (Å²) in [5, 5.41) is 13.5. The summed E-state index contributed by atoms with van der Waals surface area (Å²) in [4.78, 5) is 0. The van der Waals surface area contributed by atoms with Gasteiger partial charge in [-0.3, -0.25) is 0 Å². The van der Waals surface area contributed by atoms with E-state index in [9.17, 15) is 0 Å². The van der Waals surface area contributed by atoms with E-state index in [1.165, 1.54) is 19.2 Å². The fourth-order valence-electron chi connectivity index (χ4n) is 1.41. The van der Waals surface area contributed by atoms with Gasteiger partial charge in [0.1, 0.15) is 0 Å². The molecule has 0 atom stereocenters. The van der Waals surface area contributed by atoms with Crippen LogP contribution in [-0.4, -0.2) is 5.11 Å². The maximum Gasteiger partial charge on any atom is 0.0692 e. The van der Waals surface area contributed by atoms with Crippen molar-refractivity contribution in [3.05, 3.63) is 32.2 Å². The average Bonchev–Trinajstić information content (AvgIpc) is 2.62. The lowest BCUT2D eigenvalue weighted by molar-refractivity contribution is 0.281. The van der Waals surface area contributed by atoms with E-state index in [1.54, 1.807) is 11.3 Å². The zero-order valence-electron chi connectivity index (χ0n) is 7.26. The van der Waals surface area contributed by atoms with Gasteiger partial charge in [0.2, 0.25) is 0 Å². The van der Waals surface area contributed by atoms with Gasteiger partial charge in [0.15, 0.2) is 0 Å². The van der Waals surface area contributed by atoms with Crippen molar-refractivity contribution in [2.45, 2.75) is 11.9 Å². The molecule has 4 heteroatoms. The maximum absolute atomic E-state index is 9.17. The Morgan fingerprint density at radius 3 is 2.79 bits per heavy atom. The molecule has 2 aromatic rings. The number of halogens is 2. The summed E-state index contributed by atoms with van der Waals surface area (Å²) in [6, 6.07) is 4.08. The van der Waals surface area contributed by atoms with E-state index in [0.29, 0.717) is 0 Å². The summed E-state index contributed by atoms with van der Waals surface area (Å²) >= 11 is 7.54. The van der Waals surface area contributed by atoms with Crippen LogP contribution in [0.4, 0.5) is 0 Å². The molecule has 14 heavy (non-hydrogen) atoms. The van der Waals surface area contributed by atoms with Crippen LogP contribution in [-0.2, 0) is 11.9 Å². The van der Waals surface area contributed by atoms with E-state index < -0.39 is 0 Å². The average molecular weight is 383 g/mol. The van der Waals surface area contributed by atoms with Crippen molar-refractivity contribution in [3.63, 3.8) is 0 Å². The van der Waals surface area contributed by atoms with Gasteiger partial charge in [0.05, 0.1) is 6.61 Å². The van der Waals surface area contributed by atoms with Gasteiger partial charge in [0.25, 0.3) is 0 Å². The number of alkyl halides is 1. The molecule has 1 nitrogen and oxygen atoms in total. The molecule has 2 rings (SSSR count). The third-order valence-electron chi connectivity index (χ3n) is 2.15. The first-order chi connectivity index (χ1) is 6.77. The largest absolute Gasteiger partial charge is 0.392 e. The molecule has 1 aromatic carbocycles.